The minimum Gasteiger partial charge on any atom is -0.342 e. The number of imidazole rings is 1. The van der Waals surface area contributed by atoms with Crippen molar-refractivity contribution < 1.29 is 4.79 Å². The van der Waals surface area contributed by atoms with Crippen molar-refractivity contribution in [2.24, 2.45) is 7.05 Å². The maximum atomic E-state index is 11.9. The number of aryl methyl sites for hydroxylation is 1. The second-order valence-corrected chi connectivity index (χ2v) is 4.22. The molecule has 0 saturated carbocycles. The molecule has 0 unspecified atom stereocenters. The van der Waals surface area contributed by atoms with Crippen molar-refractivity contribution >= 4 is 5.91 Å². The predicted molar refractivity (Wildman–Crippen MR) is 60.3 cm³/mol. The van der Waals surface area contributed by atoms with Gasteiger partial charge in [0.2, 0.25) is 0 Å². The Morgan fingerprint density at radius 2 is 2.53 bits per heavy atom. The maximum absolute atomic E-state index is 11.9. The van der Waals surface area contributed by atoms with Crippen LogP contribution in [0.5, 0.6) is 0 Å². The SMILES string of the molecule is Cn1cnc2c1CC[C@H]2NC(=O)c1ccn[nH]1. The van der Waals surface area contributed by atoms with E-state index < -0.39 is 0 Å². The van der Waals surface area contributed by atoms with Gasteiger partial charge in [-0.25, -0.2) is 4.98 Å². The van der Waals surface area contributed by atoms with Gasteiger partial charge in [-0.15, -0.1) is 0 Å². The average molecular weight is 231 g/mol. The number of hydrogen-bond acceptors (Lipinski definition) is 3. The minimum atomic E-state index is -0.133. The van der Waals surface area contributed by atoms with Crippen molar-refractivity contribution in [1.29, 1.82) is 0 Å². The van der Waals surface area contributed by atoms with Gasteiger partial charge in [0.05, 0.1) is 18.1 Å². The summed E-state index contributed by atoms with van der Waals surface area (Å²) in [5.41, 5.74) is 2.68. The Labute approximate surface area is 98.1 Å². The van der Waals surface area contributed by atoms with E-state index in [1.165, 1.54) is 5.69 Å². The summed E-state index contributed by atoms with van der Waals surface area (Å²) in [6.45, 7) is 0. The van der Waals surface area contributed by atoms with Crippen LogP contribution in [0.4, 0.5) is 0 Å². The van der Waals surface area contributed by atoms with Gasteiger partial charge in [-0.05, 0) is 18.9 Å². The number of carbonyl (C=O) groups is 1. The number of nitrogens with zero attached hydrogens (tertiary/aromatic N) is 3. The average Bonchev–Trinajstić information content (AvgIpc) is 3.00. The van der Waals surface area contributed by atoms with Crippen LogP contribution in [-0.2, 0) is 13.5 Å². The lowest BCUT2D eigenvalue weighted by atomic mass is 10.2. The van der Waals surface area contributed by atoms with Crippen LogP contribution in [0.3, 0.4) is 0 Å². The number of carbonyl (C=O) groups excluding carboxylic acids is 1. The van der Waals surface area contributed by atoms with Gasteiger partial charge >= 0.3 is 0 Å². The molecule has 2 N–H and O–H groups in total. The number of aromatic nitrogens is 4. The molecule has 0 radical (unpaired) electrons. The zero-order valence-electron chi connectivity index (χ0n) is 9.47. The first-order valence-corrected chi connectivity index (χ1v) is 5.56. The lowest BCUT2D eigenvalue weighted by Gasteiger charge is -2.10. The number of aromatic amines is 1. The third-order valence-electron chi connectivity index (χ3n) is 3.14. The molecule has 3 rings (SSSR count). The van der Waals surface area contributed by atoms with Gasteiger partial charge in [0.25, 0.3) is 5.91 Å². The van der Waals surface area contributed by atoms with E-state index in [1.807, 2.05) is 11.6 Å². The summed E-state index contributed by atoms with van der Waals surface area (Å²) in [6.07, 6.45) is 5.22. The molecule has 1 aliphatic rings. The molecule has 0 spiro atoms. The van der Waals surface area contributed by atoms with Crippen molar-refractivity contribution in [3.8, 4) is 0 Å². The van der Waals surface area contributed by atoms with Crippen LogP contribution >= 0.6 is 0 Å². The Morgan fingerprint density at radius 1 is 1.65 bits per heavy atom. The van der Waals surface area contributed by atoms with Crippen molar-refractivity contribution in [3.63, 3.8) is 0 Å². The molecule has 6 nitrogen and oxygen atoms in total. The van der Waals surface area contributed by atoms with Gasteiger partial charge in [-0.1, -0.05) is 0 Å². The van der Waals surface area contributed by atoms with E-state index in [-0.39, 0.29) is 11.9 Å². The highest BCUT2D eigenvalue weighted by Gasteiger charge is 2.28. The molecule has 88 valence electrons. The quantitative estimate of drug-likeness (QED) is 0.793. The summed E-state index contributed by atoms with van der Waals surface area (Å²) in [7, 11) is 1.98. The van der Waals surface area contributed by atoms with Crippen molar-refractivity contribution in [3.05, 3.63) is 35.7 Å². The van der Waals surface area contributed by atoms with Crippen molar-refractivity contribution in [2.45, 2.75) is 18.9 Å². The highest BCUT2D eigenvalue weighted by molar-refractivity contribution is 5.92. The summed E-state index contributed by atoms with van der Waals surface area (Å²) in [4.78, 5) is 16.2. The zero-order chi connectivity index (χ0) is 11.8. The summed E-state index contributed by atoms with van der Waals surface area (Å²) in [5.74, 6) is -0.133. The molecule has 0 aromatic carbocycles. The van der Waals surface area contributed by atoms with Crippen molar-refractivity contribution in [2.75, 3.05) is 0 Å². The largest absolute Gasteiger partial charge is 0.342 e. The van der Waals surface area contributed by atoms with E-state index in [1.54, 1.807) is 18.6 Å². The maximum Gasteiger partial charge on any atom is 0.269 e. The lowest BCUT2D eigenvalue weighted by Crippen LogP contribution is -2.27. The molecular formula is C11H13N5O. The molecule has 6 heteroatoms. The Morgan fingerprint density at radius 3 is 3.29 bits per heavy atom. The summed E-state index contributed by atoms with van der Waals surface area (Å²) in [6, 6.07) is 1.67. The van der Waals surface area contributed by atoms with E-state index in [9.17, 15) is 4.79 Å². The lowest BCUT2D eigenvalue weighted by molar-refractivity contribution is 0.0931. The van der Waals surface area contributed by atoms with Crippen LogP contribution in [0.1, 0.15) is 34.3 Å². The first-order valence-electron chi connectivity index (χ1n) is 5.56. The molecular weight excluding hydrogens is 218 g/mol. The fourth-order valence-electron chi connectivity index (χ4n) is 2.25. The molecule has 2 heterocycles. The van der Waals surface area contributed by atoms with Gasteiger partial charge in [0.1, 0.15) is 5.69 Å². The Kier molecular flexibility index (Phi) is 2.21. The van der Waals surface area contributed by atoms with E-state index in [4.69, 9.17) is 0 Å². The monoisotopic (exact) mass is 231 g/mol. The Balaban J connectivity index is 1.78. The Bertz CT molecular complexity index is 542. The number of nitrogens with one attached hydrogen (secondary N) is 2. The molecule has 1 atom stereocenters. The molecule has 1 aliphatic carbocycles. The Hall–Kier alpha value is -2.11. The molecule has 2 aromatic rings. The molecule has 0 bridgehead atoms. The standard InChI is InChI=1S/C11H13N5O/c1-16-6-12-10-7(2-3-9(10)16)14-11(17)8-4-5-13-15-8/h4-7H,2-3H2,1H3,(H,13,15)(H,14,17)/t7-/m1/s1. The smallest absolute Gasteiger partial charge is 0.269 e. The molecule has 2 aromatic heterocycles. The van der Waals surface area contributed by atoms with Crippen LogP contribution in [0.15, 0.2) is 18.6 Å². The third-order valence-corrected chi connectivity index (χ3v) is 3.14. The molecule has 0 saturated heterocycles. The van der Waals surface area contributed by atoms with Gasteiger partial charge in [-0.3, -0.25) is 9.89 Å². The topological polar surface area (TPSA) is 75.6 Å². The van der Waals surface area contributed by atoms with Crippen LogP contribution in [0.2, 0.25) is 0 Å². The fourth-order valence-corrected chi connectivity index (χ4v) is 2.25. The van der Waals surface area contributed by atoms with E-state index in [0.29, 0.717) is 5.69 Å². The van der Waals surface area contributed by atoms with Gasteiger partial charge in [0, 0.05) is 18.9 Å². The molecule has 17 heavy (non-hydrogen) atoms. The third kappa shape index (κ3) is 1.61. The predicted octanol–water partition coefficient (Wildman–Crippen LogP) is 0.560. The van der Waals surface area contributed by atoms with Crippen LogP contribution in [0, 0.1) is 0 Å². The van der Waals surface area contributed by atoms with E-state index in [2.05, 4.69) is 20.5 Å². The second kappa shape index (κ2) is 3.73. The number of H-pyrrole nitrogens is 1. The highest BCUT2D eigenvalue weighted by Crippen LogP contribution is 2.29. The molecule has 1 amide bonds. The van der Waals surface area contributed by atoms with Crippen LogP contribution in [0.25, 0.3) is 0 Å². The normalized spacial score (nSPS) is 18.1. The van der Waals surface area contributed by atoms with Crippen LogP contribution < -0.4 is 5.32 Å². The van der Waals surface area contributed by atoms with E-state index in [0.717, 1.165) is 18.5 Å². The number of hydrogen-bond donors (Lipinski definition) is 2. The van der Waals surface area contributed by atoms with Crippen molar-refractivity contribution in [1.82, 2.24) is 25.1 Å². The van der Waals surface area contributed by atoms with Gasteiger partial charge < -0.3 is 9.88 Å². The number of fused-ring (bicyclic) bond motifs is 1. The first kappa shape index (κ1) is 10.1. The minimum absolute atomic E-state index is 0.0157. The number of rotatable bonds is 2. The highest BCUT2D eigenvalue weighted by atomic mass is 16.2. The fraction of sp³-hybridized carbons (Fsp3) is 0.364. The number of amides is 1. The van der Waals surface area contributed by atoms with Gasteiger partial charge in [-0.2, -0.15) is 5.10 Å². The summed E-state index contributed by atoms with van der Waals surface area (Å²) in [5, 5.41) is 9.38. The molecule has 0 aliphatic heterocycles. The molecule has 0 fully saturated rings. The summed E-state index contributed by atoms with van der Waals surface area (Å²) < 4.78 is 2.01. The first-order chi connectivity index (χ1) is 8.25. The van der Waals surface area contributed by atoms with Gasteiger partial charge in [0.15, 0.2) is 0 Å². The zero-order valence-corrected chi connectivity index (χ0v) is 9.47. The van der Waals surface area contributed by atoms with E-state index >= 15 is 0 Å². The van der Waals surface area contributed by atoms with Crippen LogP contribution in [-0.4, -0.2) is 25.7 Å². The second-order valence-electron chi connectivity index (χ2n) is 4.22. The summed E-state index contributed by atoms with van der Waals surface area (Å²) >= 11 is 0.